The molecule has 0 aliphatic carbocycles. The van der Waals surface area contributed by atoms with E-state index >= 15 is 0 Å². The van der Waals surface area contributed by atoms with E-state index in [2.05, 4.69) is 10.0 Å². The van der Waals surface area contributed by atoms with Crippen molar-refractivity contribution in [3.05, 3.63) is 45.6 Å². The standard InChI is InChI=1S/C8H6F3N3/c9-5-3-7(10)6(8(11)4-5)1-2-13-14-12/h3-4H,1-2H2. The second-order valence-electron chi connectivity index (χ2n) is 2.55. The van der Waals surface area contributed by atoms with Gasteiger partial charge in [-0.1, -0.05) is 5.11 Å². The molecule has 0 aliphatic rings. The maximum Gasteiger partial charge on any atom is 0.132 e. The Kier molecular flexibility index (Phi) is 3.36. The molecule has 0 fully saturated rings. The zero-order valence-electron chi connectivity index (χ0n) is 7.04. The minimum absolute atomic E-state index is 0.0596. The molecule has 0 bridgehead atoms. The van der Waals surface area contributed by atoms with E-state index in [0.29, 0.717) is 12.1 Å². The summed E-state index contributed by atoms with van der Waals surface area (Å²) < 4.78 is 38.3. The summed E-state index contributed by atoms with van der Waals surface area (Å²) in [6, 6.07) is 1.18. The molecular weight excluding hydrogens is 195 g/mol. The minimum Gasteiger partial charge on any atom is -0.207 e. The molecule has 1 aromatic carbocycles. The number of benzene rings is 1. The van der Waals surface area contributed by atoms with Crippen molar-refractivity contribution >= 4 is 0 Å². The Labute approximate surface area is 77.8 Å². The van der Waals surface area contributed by atoms with Gasteiger partial charge in [-0.05, 0) is 12.0 Å². The van der Waals surface area contributed by atoms with Gasteiger partial charge in [0, 0.05) is 29.2 Å². The Hall–Kier alpha value is -1.68. The first-order valence-corrected chi connectivity index (χ1v) is 3.79. The highest BCUT2D eigenvalue weighted by atomic mass is 19.1. The van der Waals surface area contributed by atoms with Crippen LogP contribution in [0.2, 0.25) is 0 Å². The van der Waals surface area contributed by atoms with Crippen molar-refractivity contribution in [3.8, 4) is 0 Å². The molecule has 1 aromatic rings. The van der Waals surface area contributed by atoms with E-state index in [1.165, 1.54) is 0 Å². The van der Waals surface area contributed by atoms with Crippen LogP contribution in [-0.2, 0) is 6.42 Å². The average Bonchev–Trinajstić information content (AvgIpc) is 2.09. The van der Waals surface area contributed by atoms with Gasteiger partial charge in [-0.3, -0.25) is 0 Å². The zero-order chi connectivity index (χ0) is 10.6. The molecule has 6 heteroatoms. The number of hydrogen-bond donors (Lipinski definition) is 0. The Morgan fingerprint density at radius 3 is 2.29 bits per heavy atom. The molecule has 1 rings (SSSR count). The van der Waals surface area contributed by atoms with E-state index in [4.69, 9.17) is 5.53 Å². The van der Waals surface area contributed by atoms with Crippen LogP contribution in [0.25, 0.3) is 10.4 Å². The lowest BCUT2D eigenvalue weighted by Gasteiger charge is -2.02. The maximum absolute atomic E-state index is 12.9. The molecule has 74 valence electrons. The lowest BCUT2D eigenvalue weighted by atomic mass is 10.1. The van der Waals surface area contributed by atoms with E-state index in [1.807, 2.05) is 0 Å². The Morgan fingerprint density at radius 1 is 1.21 bits per heavy atom. The summed E-state index contributed by atoms with van der Waals surface area (Å²) in [5, 5.41) is 3.13. The SMILES string of the molecule is [N-]=[N+]=NCCc1c(F)cc(F)cc1F. The van der Waals surface area contributed by atoms with Crippen LogP contribution in [0, 0.1) is 17.5 Å². The van der Waals surface area contributed by atoms with Crippen molar-refractivity contribution in [2.75, 3.05) is 6.54 Å². The normalized spacial score (nSPS) is 9.64. The van der Waals surface area contributed by atoms with Crippen molar-refractivity contribution in [2.45, 2.75) is 6.42 Å². The first kappa shape index (κ1) is 10.4. The van der Waals surface area contributed by atoms with Gasteiger partial charge < -0.3 is 0 Å². The van der Waals surface area contributed by atoms with Gasteiger partial charge in [0.1, 0.15) is 17.5 Å². The van der Waals surface area contributed by atoms with Gasteiger partial charge in [0.05, 0.1) is 0 Å². The molecule has 0 amide bonds. The molecule has 3 nitrogen and oxygen atoms in total. The lowest BCUT2D eigenvalue weighted by molar-refractivity contribution is 0.524. The summed E-state index contributed by atoms with van der Waals surface area (Å²) in [6.45, 7) is -0.0596. The van der Waals surface area contributed by atoms with Crippen molar-refractivity contribution in [1.29, 1.82) is 0 Å². The second-order valence-corrected chi connectivity index (χ2v) is 2.55. The number of rotatable bonds is 3. The van der Waals surface area contributed by atoms with Gasteiger partial charge in [-0.2, -0.15) is 0 Å². The third-order valence-electron chi connectivity index (χ3n) is 1.63. The van der Waals surface area contributed by atoms with Gasteiger partial charge in [0.15, 0.2) is 0 Å². The third kappa shape index (κ3) is 2.40. The Balaban J connectivity index is 2.90. The molecular formula is C8H6F3N3. The van der Waals surface area contributed by atoms with Crippen LogP contribution in [0.4, 0.5) is 13.2 Å². The fraction of sp³-hybridized carbons (Fsp3) is 0.250. The second kappa shape index (κ2) is 4.53. The quantitative estimate of drug-likeness (QED) is 0.410. The highest BCUT2D eigenvalue weighted by molar-refractivity contribution is 5.21. The van der Waals surface area contributed by atoms with E-state index in [0.717, 1.165) is 0 Å². The number of nitrogens with zero attached hydrogens (tertiary/aromatic N) is 3. The molecule has 0 spiro atoms. The van der Waals surface area contributed by atoms with Crippen LogP contribution < -0.4 is 0 Å². The van der Waals surface area contributed by atoms with Gasteiger partial charge >= 0.3 is 0 Å². The smallest absolute Gasteiger partial charge is 0.132 e. The molecule has 0 saturated carbocycles. The maximum atomic E-state index is 12.9. The highest BCUT2D eigenvalue weighted by Gasteiger charge is 2.10. The molecule has 0 aliphatic heterocycles. The lowest BCUT2D eigenvalue weighted by Crippen LogP contribution is -1.99. The summed E-state index contributed by atoms with van der Waals surface area (Å²) in [7, 11) is 0. The van der Waals surface area contributed by atoms with E-state index in [9.17, 15) is 13.2 Å². The number of hydrogen-bond acceptors (Lipinski definition) is 1. The number of azide groups is 1. The molecule has 14 heavy (non-hydrogen) atoms. The average molecular weight is 201 g/mol. The first-order valence-electron chi connectivity index (χ1n) is 3.79. The summed E-state index contributed by atoms with van der Waals surface area (Å²) in [5.41, 5.74) is 7.67. The summed E-state index contributed by atoms with van der Waals surface area (Å²) in [6.07, 6.45) is -0.0813. The van der Waals surface area contributed by atoms with Gasteiger partial charge in [0.2, 0.25) is 0 Å². The van der Waals surface area contributed by atoms with Gasteiger partial charge in [-0.25, -0.2) is 13.2 Å². The van der Waals surface area contributed by atoms with Crippen LogP contribution in [0.15, 0.2) is 17.2 Å². The topological polar surface area (TPSA) is 48.8 Å². The summed E-state index contributed by atoms with van der Waals surface area (Å²) >= 11 is 0. The largest absolute Gasteiger partial charge is 0.207 e. The number of halogens is 3. The van der Waals surface area contributed by atoms with Crippen molar-refractivity contribution < 1.29 is 13.2 Å². The Morgan fingerprint density at radius 2 is 1.79 bits per heavy atom. The van der Waals surface area contributed by atoms with Crippen molar-refractivity contribution in [3.63, 3.8) is 0 Å². The predicted molar refractivity (Wildman–Crippen MR) is 44.0 cm³/mol. The molecule has 0 unspecified atom stereocenters. The van der Waals surface area contributed by atoms with Crippen molar-refractivity contribution in [1.82, 2.24) is 0 Å². The third-order valence-corrected chi connectivity index (χ3v) is 1.63. The van der Waals surface area contributed by atoms with E-state index in [1.54, 1.807) is 0 Å². The van der Waals surface area contributed by atoms with Crippen LogP contribution in [0.3, 0.4) is 0 Å². The van der Waals surface area contributed by atoms with Crippen LogP contribution in [0.5, 0.6) is 0 Å². The molecule has 0 atom stereocenters. The molecule has 0 N–H and O–H groups in total. The summed E-state index contributed by atoms with van der Waals surface area (Å²) in [4.78, 5) is 2.43. The van der Waals surface area contributed by atoms with Crippen LogP contribution >= 0.6 is 0 Å². The minimum atomic E-state index is -0.965. The molecule has 0 heterocycles. The molecule has 0 aromatic heterocycles. The van der Waals surface area contributed by atoms with Gasteiger partial charge in [0.25, 0.3) is 0 Å². The van der Waals surface area contributed by atoms with Gasteiger partial charge in [-0.15, -0.1) is 0 Å². The van der Waals surface area contributed by atoms with Crippen LogP contribution in [0.1, 0.15) is 5.56 Å². The Bertz CT molecular complexity index is 362. The summed E-state index contributed by atoms with van der Waals surface area (Å²) in [5.74, 6) is -2.89. The zero-order valence-corrected chi connectivity index (χ0v) is 7.04. The predicted octanol–water partition coefficient (Wildman–Crippen LogP) is 2.96. The van der Waals surface area contributed by atoms with E-state index in [-0.39, 0.29) is 18.5 Å². The first-order chi connectivity index (χ1) is 6.65. The monoisotopic (exact) mass is 201 g/mol. The van der Waals surface area contributed by atoms with E-state index < -0.39 is 17.5 Å². The fourth-order valence-corrected chi connectivity index (χ4v) is 1.02. The van der Waals surface area contributed by atoms with Crippen LogP contribution in [-0.4, -0.2) is 6.54 Å². The fourth-order valence-electron chi connectivity index (χ4n) is 1.02. The molecule has 0 radical (unpaired) electrons. The highest BCUT2D eigenvalue weighted by Crippen LogP contribution is 2.15. The molecule has 0 saturated heterocycles. The van der Waals surface area contributed by atoms with Crippen molar-refractivity contribution in [2.24, 2.45) is 5.11 Å².